The van der Waals surface area contributed by atoms with Gasteiger partial charge in [0.1, 0.15) is 5.75 Å². The second-order valence-electron chi connectivity index (χ2n) is 7.44. The Morgan fingerprint density at radius 2 is 1.77 bits per heavy atom. The minimum atomic E-state index is 0.0502. The molecule has 1 N–H and O–H groups in total. The third-order valence-electron chi connectivity index (χ3n) is 5.41. The Kier molecular flexibility index (Phi) is 4.32. The predicted octanol–water partition coefficient (Wildman–Crippen LogP) is 4.81. The number of hydrogen-bond donors (Lipinski definition) is 1. The summed E-state index contributed by atoms with van der Waals surface area (Å²) in [6.07, 6.45) is 7.64. The van der Waals surface area contributed by atoms with Crippen molar-refractivity contribution in [2.45, 2.75) is 13.0 Å². The molecule has 3 aromatic heterocycles. The SMILES string of the molecule is C[C@@H](c1cnn(C)c1)n1cnc(-c2ccccc2)c1-c1cnc2cc(O)ccc2c1. The third-order valence-corrected chi connectivity index (χ3v) is 5.41. The summed E-state index contributed by atoms with van der Waals surface area (Å²) in [5, 5.41) is 15.0. The molecule has 0 spiro atoms. The van der Waals surface area contributed by atoms with Crippen molar-refractivity contribution in [3.8, 4) is 28.3 Å². The highest BCUT2D eigenvalue weighted by Gasteiger charge is 2.20. The Morgan fingerprint density at radius 3 is 2.53 bits per heavy atom. The molecule has 0 saturated heterocycles. The van der Waals surface area contributed by atoms with E-state index < -0.39 is 0 Å². The summed E-state index contributed by atoms with van der Waals surface area (Å²) in [5.74, 6) is 0.211. The molecule has 3 heterocycles. The highest BCUT2D eigenvalue weighted by atomic mass is 16.3. The molecule has 30 heavy (non-hydrogen) atoms. The van der Waals surface area contributed by atoms with E-state index in [0.29, 0.717) is 0 Å². The molecule has 0 aliphatic heterocycles. The Balaban J connectivity index is 1.72. The number of aromatic hydroxyl groups is 1. The van der Waals surface area contributed by atoms with Gasteiger partial charge in [-0.05, 0) is 25.1 Å². The molecule has 0 bridgehead atoms. The zero-order valence-corrected chi connectivity index (χ0v) is 16.8. The Hall–Kier alpha value is -3.93. The average molecular weight is 395 g/mol. The lowest BCUT2D eigenvalue weighted by atomic mass is 10.0. The molecule has 0 saturated carbocycles. The molecule has 6 heteroatoms. The Bertz CT molecular complexity index is 1340. The van der Waals surface area contributed by atoms with Crippen LogP contribution in [0.2, 0.25) is 0 Å². The van der Waals surface area contributed by atoms with E-state index >= 15 is 0 Å². The van der Waals surface area contributed by atoms with E-state index in [-0.39, 0.29) is 11.8 Å². The molecule has 0 fully saturated rings. The van der Waals surface area contributed by atoms with E-state index in [2.05, 4.69) is 39.8 Å². The molecule has 5 aromatic rings. The van der Waals surface area contributed by atoms with E-state index in [1.807, 2.05) is 60.9 Å². The van der Waals surface area contributed by atoms with Crippen molar-refractivity contribution in [3.05, 3.63) is 85.1 Å². The first kappa shape index (κ1) is 18.1. The van der Waals surface area contributed by atoms with E-state index in [1.165, 1.54) is 0 Å². The van der Waals surface area contributed by atoms with E-state index in [1.54, 1.807) is 12.1 Å². The van der Waals surface area contributed by atoms with Crippen molar-refractivity contribution < 1.29 is 5.11 Å². The van der Waals surface area contributed by atoms with Crippen LogP contribution in [0.3, 0.4) is 0 Å². The summed E-state index contributed by atoms with van der Waals surface area (Å²) in [7, 11) is 1.92. The van der Waals surface area contributed by atoms with E-state index in [9.17, 15) is 5.11 Å². The van der Waals surface area contributed by atoms with Crippen LogP contribution in [0.15, 0.2) is 79.5 Å². The van der Waals surface area contributed by atoms with Gasteiger partial charge in [-0.15, -0.1) is 0 Å². The normalized spacial score (nSPS) is 12.3. The number of nitrogens with zero attached hydrogens (tertiary/aromatic N) is 5. The number of rotatable bonds is 4. The second kappa shape index (κ2) is 7.15. The summed E-state index contributed by atoms with van der Waals surface area (Å²) >= 11 is 0. The minimum absolute atomic E-state index is 0.0502. The van der Waals surface area contributed by atoms with Crippen molar-refractivity contribution in [1.29, 1.82) is 0 Å². The molecule has 0 radical (unpaired) electrons. The van der Waals surface area contributed by atoms with Crippen LogP contribution in [0.4, 0.5) is 0 Å². The smallest absolute Gasteiger partial charge is 0.117 e. The fourth-order valence-electron chi connectivity index (χ4n) is 3.80. The summed E-state index contributed by atoms with van der Waals surface area (Å²) < 4.78 is 3.98. The highest BCUT2D eigenvalue weighted by Crippen LogP contribution is 2.35. The van der Waals surface area contributed by atoms with Crippen LogP contribution in [0.1, 0.15) is 18.5 Å². The van der Waals surface area contributed by atoms with Crippen LogP contribution in [0, 0.1) is 0 Å². The first-order valence-electron chi connectivity index (χ1n) is 9.80. The van der Waals surface area contributed by atoms with Crippen LogP contribution < -0.4 is 0 Å². The molecule has 0 unspecified atom stereocenters. The number of phenols is 1. The quantitative estimate of drug-likeness (QED) is 0.474. The van der Waals surface area contributed by atoms with Crippen LogP contribution in [0.5, 0.6) is 5.75 Å². The fraction of sp³-hybridized carbons (Fsp3) is 0.125. The maximum atomic E-state index is 9.76. The lowest BCUT2D eigenvalue weighted by Crippen LogP contribution is -2.07. The van der Waals surface area contributed by atoms with Crippen molar-refractivity contribution in [2.24, 2.45) is 7.05 Å². The molecular formula is C24H21N5O. The number of fused-ring (bicyclic) bond motifs is 1. The van der Waals surface area contributed by atoms with Gasteiger partial charge in [-0.3, -0.25) is 9.67 Å². The minimum Gasteiger partial charge on any atom is -0.508 e. The number of aromatic nitrogens is 5. The lowest BCUT2D eigenvalue weighted by molar-refractivity contribution is 0.476. The zero-order chi connectivity index (χ0) is 20.7. The van der Waals surface area contributed by atoms with Gasteiger partial charge in [0.2, 0.25) is 0 Å². The molecule has 2 aromatic carbocycles. The van der Waals surface area contributed by atoms with Gasteiger partial charge in [-0.25, -0.2) is 4.98 Å². The van der Waals surface area contributed by atoms with Gasteiger partial charge >= 0.3 is 0 Å². The average Bonchev–Trinajstić information content (AvgIpc) is 3.40. The summed E-state index contributed by atoms with van der Waals surface area (Å²) in [6.45, 7) is 2.14. The second-order valence-corrected chi connectivity index (χ2v) is 7.44. The van der Waals surface area contributed by atoms with Gasteiger partial charge in [-0.2, -0.15) is 5.10 Å². The highest BCUT2D eigenvalue weighted by molar-refractivity contribution is 5.87. The van der Waals surface area contributed by atoms with Crippen molar-refractivity contribution >= 4 is 10.9 Å². The fourth-order valence-corrected chi connectivity index (χ4v) is 3.80. The number of benzene rings is 2. The number of phenolic OH excluding ortho intramolecular Hbond substituents is 1. The molecular weight excluding hydrogens is 374 g/mol. The molecule has 1 atom stereocenters. The van der Waals surface area contributed by atoms with Gasteiger partial charge in [0.15, 0.2) is 0 Å². The number of pyridine rings is 1. The predicted molar refractivity (Wildman–Crippen MR) is 117 cm³/mol. The molecule has 0 aliphatic rings. The summed E-state index contributed by atoms with van der Waals surface area (Å²) in [5.41, 5.74) is 5.79. The van der Waals surface area contributed by atoms with Crippen LogP contribution in [0.25, 0.3) is 33.4 Å². The monoisotopic (exact) mass is 395 g/mol. The third kappa shape index (κ3) is 3.12. The molecule has 0 amide bonds. The largest absolute Gasteiger partial charge is 0.508 e. The van der Waals surface area contributed by atoms with Crippen LogP contribution >= 0.6 is 0 Å². The summed E-state index contributed by atoms with van der Waals surface area (Å²) in [6, 6.07) is 17.6. The van der Waals surface area contributed by atoms with E-state index in [0.717, 1.165) is 39.0 Å². The van der Waals surface area contributed by atoms with Crippen molar-refractivity contribution in [1.82, 2.24) is 24.3 Å². The molecule has 6 nitrogen and oxygen atoms in total. The lowest BCUT2D eigenvalue weighted by Gasteiger charge is -2.17. The van der Waals surface area contributed by atoms with Crippen LogP contribution in [-0.2, 0) is 7.05 Å². The van der Waals surface area contributed by atoms with Gasteiger partial charge in [0.05, 0.1) is 35.5 Å². The number of imidazole rings is 1. The molecule has 148 valence electrons. The first-order valence-corrected chi connectivity index (χ1v) is 9.80. The van der Waals surface area contributed by atoms with Crippen LogP contribution in [-0.4, -0.2) is 29.4 Å². The Labute approximate surface area is 174 Å². The number of hydrogen-bond acceptors (Lipinski definition) is 4. The molecule has 0 aliphatic carbocycles. The van der Waals surface area contributed by atoms with E-state index in [4.69, 9.17) is 4.98 Å². The standard InChI is InChI=1S/C24H21N5O/c1-16(20-13-27-28(2)14-20)29-15-26-23(17-6-4-3-5-7-17)24(29)19-10-18-8-9-21(30)11-22(18)25-12-19/h3-16,30H,1-2H3/t16-/m0/s1. The number of aryl methyl sites for hydroxylation is 1. The topological polar surface area (TPSA) is 68.8 Å². The van der Waals surface area contributed by atoms with Gasteiger partial charge < -0.3 is 9.67 Å². The maximum Gasteiger partial charge on any atom is 0.117 e. The zero-order valence-electron chi connectivity index (χ0n) is 16.8. The summed E-state index contributed by atoms with van der Waals surface area (Å²) in [4.78, 5) is 9.37. The van der Waals surface area contributed by atoms with Gasteiger partial charge in [0, 0.05) is 47.6 Å². The van der Waals surface area contributed by atoms with Gasteiger partial charge in [0.25, 0.3) is 0 Å². The van der Waals surface area contributed by atoms with Crippen molar-refractivity contribution in [2.75, 3.05) is 0 Å². The Morgan fingerprint density at radius 1 is 0.933 bits per heavy atom. The van der Waals surface area contributed by atoms with Crippen molar-refractivity contribution in [3.63, 3.8) is 0 Å². The first-order chi connectivity index (χ1) is 14.6. The molecule has 5 rings (SSSR count). The van der Waals surface area contributed by atoms with Gasteiger partial charge in [-0.1, -0.05) is 30.3 Å². The maximum absolute atomic E-state index is 9.76.